The second kappa shape index (κ2) is 4.64. The molecule has 1 N–H and O–H groups in total. The van der Waals surface area contributed by atoms with E-state index in [1.165, 1.54) is 0 Å². The number of fused-ring (bicyclic) bond motifs is 1. The molecule has 1 heterocycles. The van der Waals surface area contributed by atoms with Crippen molar-refractivity contribution < 1.29 is 9.21 Å². The predicted molar refractivity (Wildman–Crippen MR) is 72.7 cm³/mol. The van der Waals surface area contributed by atoms with E-state index in [0.29, 0.717) is 31.7 Å². The maximum absolute atomic E-state index is 11.8. The third-order valence-electron chi connectivity index (χ3n) is 3.66. The molecule has 5 heteroatoms. The van der Waals surface area contributed by atoms with E-state index in [9.17, 15) is 4.79 Å². The minimum absolute atomic E-state index is 0.142. The van der Waals surface area contributed by atoms with Crippen LogP contribution in [0.4, 0.5) is 0 Å². The molecule has 1 saturated carbocycles. The number of rotatable bonds is 4. The summed E-state index contributed by atoms with van der Waals surface area (Å²) in [6.07, 6.45) is 2.07. The first-order chi connectivity index (χ1) is 9.63. The fraction of sp³-hybridized carbons (Fsp3) is 0.400. The topological polar surface area (TPSA) is 78.9 Å². The number of nitrogens with one attached hydrogen (secondary N) is 1. The zero-order valence-electron chi connectivity index (χ0n) is 11.3. The molecule has 1 aliphatic rings. The quantitative estimate of drug-likeness (QED) is 0.921. The average Bonchev–Trinajstić information content (AvgIpc) is 3.15. The molecule has 1 aromatic heterocycles. The van der Waals surface area contributed by atoms with Crippen LogP contribution < -0.4 is 5.32 Å². The van der Waals surface area contributed by atoms with E-state index in [-0.39, 0.29) is 5.91 Å². The van der Waals surface area contributed by atoms with Crippen LogP contribution in [0.3, 0.4) is 0 Å². The van der Waals surface area contributed by atoms with Crippen LogP contribution in [0.15, 0.2) is 22.6 Å². The third-order valence-corrected chi connectivity index (χ3v) is 3.66. The zero-order chi connectivity index (χ0) is 14.2. The van der Waals surface area contributed by atoms with Gasteiger partial charge in [-0.25, -0.2) is 4.98 Å². The second-order valence-electron chi connectivity index (χ2n) is 5.23. The summed E-state index contributed by atoms with van der Waals surface area (Å²) >= 11 is 0. The summed E-state index contributed by atoms with van der Waals surface area (Å²) in [5.74, 6) is 0.506. The van der Waals surface area contributed by atoms with Gasteiger partial charge in [-0.3, -0.25) is 4.79 Å². The van der Waals surface area contributed by atoms with Crippen LogP contribution in [0, 0.1) is 23.7 Å². The van der Waals surface area contributed by atoms with Crippen molar-refractivity contribution in [3.05, 3.63) is 29.7 Å². The lowest BCUT2D eigenvalue weighted by Gasteiger charge is -2.07. The minimum atomic E-state index is -0.744. The van der Waals surface area contributed by atoms with E-state index in [0.717, 1.165) is 16.7 Å². The Kier molecular flexibility index (Phi) is 2.94. The van der Waals surface area contributed by atoms with Gasteiger partial charge in [0.05, 0.1) is 6.07 Å². The van der Waals surface area contributed by atoms with Crippen molar-refractivity contribution in [2.45, 2.75) is 26.2 Å². The number of carbonyl (C=O) groups is 1. The van der Waals surface area contributed by atoms with E-state index in [2.05, 4.69) is 16.4 Å². The Bertz CT molecular complexity index is 707. The first kappa shape index (κ1) is 12.7. The molecule has 102 valence electrons. The van der Waals surface area contributed by atoms with E-state index in [1.807, 2.05) is 25.1 Å². The van der Waals surface area contributed by atoms with Crippen molar-refractivity contribution in [1.29, 1.82) is 5.26 Å². The van der Waals surface area contributed by atoms with Gasteiger partial charge in [-0.05, 0) is 37.0 Å². The van der Waals surface area contributed by atoms with Crippen molar-refractivity contribution in [3.63, 3.8) is 0 Å². The lowest BCUT2D eigenvalue weighted by Crippen LogP contribution is -2.32. The molecule has 3 rings (SSSR count). The molecule has 1 aromatic carbocycles. The maximum Gasteiger partial charge on any atom is 0.240 e. The maximum atomic E-state index is 11.8. The summed E-state index contributed by atoms with van der Waals surface area (Å²) in [6.45, 7) is 2.34. The van der Waals surface area contributed by atoms with Crippen LogP contribution >= 0.6 is 0 Å². The molecule has 0 spiro atoms. The largest absolute Gasteiger partial charge is 0.441 e. The lowest BCUT2D eigenvalue weighted by atomic mass is 10.1. The number of benzene rings is 1. The smallest absolute Gasteiger partial charge is 0.240 e. The van der Waals surface area contributed by atoms with Gasteiger partial charge in [0.1, 0.15) is 10.9 Å². The van der Waals surface area contributed by atoms with E-state index >= 15 is 0 Å². The molecule has 2 aromatic rings. The van der Waals surface area contributed by atoms with Gasteiger partial charge in [-0.15, -0.1) is 0 Å². The Morgan fingerprint density at radius 1 is 1.55 bits per heavy atom. The summed E-state index contributed by atoms with van der Waals surface area (Å²) in [5.41, 5.74) is 1.95. The highest BCUT2D eigenvalue weighted by Crippen LogP contribution is 2.44. The van der Waals surface area contributed by atoms with Crippen LogP contribution in [0.2, 0.25) is 0 Å². The molecule has 0 aliphatic heterocycles. The first-order valence-electron chi connectivity index (χ1n) is 6.69. The number of nitriles is 1. The van der Waals surface area contributed by atoms with Crippen molar-refractivity contribution in [2.75, 3.05) is 6.54 Å². The van der Waals surface area contributed by atoms with Gasteiger partial charge in [0, 0.05) is 13.5 Å². The monoisotopic (exact) mass is 269 g/mol. The third kappa shape index (κ3) is 2.25. The van der Waals surface area contributed by atoms with Crippen molar-refractivity contribution in [3.8, 4) is 6.07 Å². The van der Waals surface area contributed by atoms with Gasteiger partial charge in [-0.1, -0.05) is 6.07 Å². The Morgan fingerprint density at radius 3 is 3.05 bits per heavy atom. The minimum Gasteiger partial charge on any atom is -0.441 e. The number of hydrogen-bond acceptors (Lipinski definition) is 4. The molecule has 1 amide bonds. The van der Waals surface area contributed by atoms with Crippen LogP contribution in [0.1, 0.15) is 24.3 Å². The molecule has 0 saturated heterocycles. The van der Waals surface area contributed by atoms with Crippen LogP contribution in [-0.4, -0.2) is 17.4 Å². The normalized spacial score (nSPS) is 15.8. The Balaban J connectivity index is 1.60. The molecule has 1 fully saturated rings. The summed E-state index contributed by atoms with van der Waals surface area (Å²) in [4.78, 5) is 16.0. The summed E-state index contributed by atoms with van der Waals surface area (Å²) in [7, 11) is 0. The fourth-order valence-corrected chi connectivity index (χ4v) is 2.24. The van der Waals surface area contributed by atoms with Crippen molar-refractivity contribution >= 4 is 17.0 Å². The molecule has 0 unspecified atom stereocenters. The number of aromatic nitrogens is 1. The molecule has 5 nitrogen and oxygen atoms in total. The standard InChI is InChI=1S/C15H15N3O2/c1-10-18-12-3-2-11(8-13(12)20-10)4-7-17-14(19)15(9-16)5-6-15/h2-3,8H,4-7H2,1H3,(H,17,19). The van der Waals surface area contributed by atoms with Gasteiger partial charge >= 0.3 is 0 Å². The van der Waals surface area contributed by atoms with E-state index in [1.54, 1.807) is 0 Å². The predicted octanol–water partition coefficient (Wildman–Crippen LogP) is 2.10. The van der Waals surface area contributed by atoms with Gasteiger partial charge in [0.2, 0.25) is 5.91 Å². The number of aryl methyl sites for hydroxylation is 1. The van der Waals surface area contributed by atoms with Crippen LogP contribution in [0.5, 0.6) is 0 Å². The van der Waals surface area contributed by atoms with Gasteiger partial charge in [0.15, 0.2) is 11.5 Å². The number of hydrogen-bond donors (Lipinski definition) is 1. The number of amides is 1. The number of oxazole rings is 1. The summed E-state index contributed by atoms with van der Waals surface area (Å²) in [6, 6.07) is 7.93. The highest BCUT2D eigenvalue weighted by atomic mass is 16.3. The van der Waals surface area contributed by atoms with Crippen molar-refractivity contribution in [2.24, 2.45) is 5.41 Å². The Morgan fingerprint density at radius 2 is 2.35 bits per heavy atom. The first-order valence-corrected chi connectivity index (χ1v) is 6.69. The summed E-state index contributed by atoms with van der Waals surface area (Å²) < 4.78 is 5.48. The number of carbonyl (C=O) groups excluding carboxylic acids is 1. The molecule has 0 atom stereocenters. The Labute approximate surface area is 116 Å². The molecule has 1 aliphatic carbocycles. The highest BCUT2D eigenvalue weighted by Gasteiger charge is 2.50. The molecular formula is C15H15N3O2. The van der Waals surface area contributed by atoms with Gasteiger partial charge in [0.25, 0.3) is 0 Å². The lowest BCUT2D eigenvalue weighted by molar-refractivity contribution is -0.124. The second-order valence-corrected chi connectivity index (χ2v) is 5.23. The molecular weight excluding hydrogens is 254 g/mol. The Hall–Kier alpha value is -2.35. The molecule has 20 heavy (non-hydrogen) atoms. The SMILES string of the molecule is Cc1nc2ccc(CCNC(=O)C3(C#N)CC3)cc2o1. The highest BCUT2D eigenvalue weighted by molar-refractivity contribution is 5.88. The molecule has 0 bridgehead atoms. The van der Waals surface area contributed by atoms with Gasteiger partial charge in [-0.2, -0.15) is 5.26 Å². The fourth-order valence-electron chi connectivity index (χ4n) is 2.24. The van der Waals surface area contributed by atoms with E-state index < -0.39 is 5.41 Å². The van der Waals surface area contributed by atoms with Crippen LogP contribution in [0.25, 0.3) is 11.1 Å². The summed E-state index contributed by atoms with van der Waals surface area (Å²) in [5, 5.41) is 11.8. The van der Waals surface area contributed by atoms with Crippen molar-refractivity contribution in [1.82, 2.24) is 10.3 Å². The molecule has 0 radical (unpaired) electrons. The average molecular weight is 269 g/mol. The number of nitrogens with zero attached hydrogens (tertiary/aromatic N) is 2. The van der Waals surface area contributed by atoms with Gasteiger partial charge < -0.3 is 9.73 Å². The van der Waals surface area contributed by atoms with E-state index in [4.69, 9.17) is 9.68 Å². The zero-order valence-corrected chi connectivity index (χ0v) is 11.3. The van der Waals surface area contributed by atoms with Crippen LogP contribution in [-0.2, 0) is 11.2 Å².